The highest BCUT2D eigenvalue weighted by atomic mass is 15.1. The van der Waals surface area contributed by atoms with Crippen LogP contribution in [0.1, 0.15) is 58.8 Å². The van der Waals surface area contributed by atoms with Gasteiger partial charge in [-0.15, -0.1) is 0 Å². The van der Waals surface area contributed by atoms with Crippen LogP contribution < -0.4 is 0 Å². The van der Waals surface area contributed by atoms with Gasteiger partial charge in [0.15, 0.2) is 5.82 Å². The zero-order valence-corrected chi connectivity index (χ0v) is 21.1. The zero-order chi connectivity index (χ0) is 25.0. The molecule has 0 amide bonds. The van der Waals surface area contributed by atoms with Gasteiger partial charge < -0.3 is 4.57 Å². The standard InChI is InChI=1S/C30H29N5/c1-29(2,3)27-32-26(33-28(34-27)30(4,5)6)22-17-19(18-31)15-16-25(22)35-23-13-9-7-11-20(23)21-12-8-10-14-24(21)35/h7-17H,1-6H3. The van der Waals surface area contributed by atoms with Crippen LogP contribution in [0.4, 0.5) is 0 Å². The molecule has 0 spiro atoms. The van der Waals surface area contributed by atoms with Crippen molar-refractivity contribution in [2.75, 3.05) is 0 Å². The van der Waals surface area contributed by atoms with Gasteiger partial charge in [0.25, 0.3) is 0 Å². The average Bonchev–Trinajstić information content (AvgIpc) is 3.16. The van der Waals surface area contributed by atoms with E-state index in [1.807, 2.05) is 18.2 Å². The molecule has 3 aromatic carbocycles. The van der Waals surface area contributed by atoms with Crippen LogP contribution in [-0.4, -0.2) is 19.5 Å². The highest BCUT2D eigenvalue weighted by molar-refractivity contribution is 6.09. The molecule has 0 saturated carbocycles. The summed E-state index contributed by atoms with van der Waals surface area (Å²) in [5, 5.41) is 12.1. The summed E-state index contributed by atoms with van der Waals surface area (Å²) in [4.78, 5) is 14.7. The summed E-state index contributed by atoms with van der Waals surface area (Å²) < 4.78 is 2.25. The molecule has 0 N–H and O–H groups in total. The third-order valence-corrected chi connectivity index (χ3v) is 6.16. The van der Waals surface area contributed by atoms with Crippen LogP contribution in [0.15, 0.2) is 66.7 Å². The number of hydrogen-bond acceptors (Lipinski definition) is 4. The first-order valence-electron chi connectivity index (χ1n) is 11.9. The topological polar surface area (TPSA) is 67.4 Å². The molecule has 35 heavy (non-hydrogen) atoms. The van der Waals surface area contributed by atoms with Crippen LogP contribution in [0.5, 0.6) is 0 Å². The van der Waals surface area contributed by atoms with E-state index in [2.05, 4.69) is 101 Å². The predicted octanol–water partition coefficient (Wildman–Crippen LogP) is 7.10. The van der Waals surface area contributed by atoms with Crippen LogP contribution in [0.25, 0.3) is 38.9 Å². The maximum atomic E-state index is 9.73. The van der Waals surface area contributed by atoms with Crippen LogP contribution >= 0.6 is 0 Å². The van der Waals surface area contributed by atoms with Crippen molar-refractivity contribution in [2.24, 2.45) is 0 Å². The van der Waals surface area contributed by atoms with Crippen molar-refractivity contribution in [3.8, 4) is 23.1 Å². The van der Waals surface area contributed by atoms with Crippen LogP contribution in [0, 0.1) is 11.3 Å². The summed E-state index contributed by atoms with van der Waals surface area (Å²) in [6, 6.07) is 24.9. The second-order valence-electron chi connectivity index (χ2n) is 11.0. The normalized spacial score (nSPS) is 12.3. The second kappa shape index (κ2) is 8.02. The number of para-hydroxylation sites is 2. The van der Waals surface area contributed by atoms with Crippen LogP contribution in [-0.2, 0) is 10.8 Å². The fraction of sp³-hybridized carbons (Fsp3) is 0.267. The molecule has 5 rings (SSSR count). The molecule has 0 bridgehead atoms. The third-order valence-electron chi connectivity index (χ3n) is 6.16. The molecule has 0 fully saturated rings. The molecule has 2 heterocycles. The average molecular weight is 460 g/mol. The Hall–Kier alpha value is -4.04. The SMILES string of the molecule is CC(C)(C)c1nc(-c2cc(C#N)ccc2-n2c3ccccc3c3ccccc32)nc(C(C)(C)C)n1. The molecule has 0 saturated heterocycles. The van der Waals surface area contributed by atoms with Crippen molar-refractivity contribution in [3.63, 3.8) is 0 Å². The van der Waals surface area contributed by atoms with Gasteiger partial charge in [-0.25, -0.2) is 15.0 Å². The number of nitriles is 1. The minimum atomic E-state index is -0.252. The van der Waals surface area contributed by atoms with E-state index < -0.39 is 0 Å². The number of nitrogens with zero attached hydrogens (tertiary/aromatic N) is 5. The molecule has 0 unspecified atom stereocenters. The number of fused-ring (bicyclic) bond motifs is 3. The molecule has 0 atom stereocenters. The Morgan fingerprint density at radius 2 is 1.20 bits per heavy atom. The Balaban J connectivity index is 1.89. The predicted molar refractivity (Wildman–Crippen MR) is 142 cm³/mol. The molecule has 0 aliphatic rings. The Morgan fingerprint density at radius 3 is 1.69 bits per heavy atom. The Kier molecular flexibility index (Phi) is 5.21. The lowest BCUT2D eigenvalue weighted by Crippen LogP contribution is -2.24. The van der Waals surface area contributed by atoms with Crippen molar-refractivity contribution in [1.29, 1.82) is 5.26 Å². The maximum Gasteiger partial charge on any atom is 0.165 e. The first-order valence-corrected chi connectivity index (χ1v) is 11.9. The summed E-state index contributed by atoms with van der Waals surface area (Å²) in [6.45, 7) is 12.7. The fourth-order valence-electron chi connectivity index (χ4n) is 4.33. The van der Waals surface area contributed by atoms with E-state index in [1.165, 1.54) is 10.8 Å². The summed E-state index contributed by atoms with van der Waals surface area (Å²) in [6.07, 6.45) is 0. The number of hydrogen-bond donors (Lipinski definition) is 0. The van der Waals surface area contributed by atoms with Gasteiger partial charge in [-0.1, -0.05) is 77.9 Å². The van der Waals surface area contributed by atoms with Gasteiger partial charge in [0.05, 0.1) is 28.4 Å². The largest absolute Gasteiger partial charge is 0.309 e. The van der Waals surface area contributed by atoms with Gasteiger partial charge in [0, 0.05) is 27.2 Å². The van der Waals surface area contributed by atoms with Gasteiger partial charge in [-0.2, -0.15) is 5.26 Å². The van der Waals surface area contributed by atoms with Crippen LogP contribution in [0.3, 0.4) is 0 Å². The highest BCUT2D eigenvalue weighted by Gasteiger charge is 2.26. The number of benzene rings is 3. The van der Waals surface area contributed by atoms with E-state index in [9.17, 15) is 5.26 Å². The summed E-state index contributed by atoms with van der Waals surface area (Å²) >= 11 is 0. The smallest absolute Gasteiger partial charge is 0.165 e. The minimum absolute atomic E-state index is 0.252. The molecule has 2 aromatic heterocycles. The number of rotatable bonds is 2. The summed E-state index contributed by atoms with van der Waals surface area (Å²) in [5.74, 6) is 2.06. The molecular formula is C30H29N5. The van der Waals surface area contributed by atoms with Gasteiger partial charge in [0.1, 0.15) is 11.6 Å². The van der Waals surface area contributed by atoms with E-state index in [-0.39, 0.29) is 10.8 Å². The minimum Gasteiger partial charge on any atom is -0.309 e. The van der Waals surface area contributed by atoms with Gasteiger partial charge >= 0.3 is 0 Å². The van der Waals surface area contributed by atoms with Crippen molar-refractivity contribution in [2.45, 2.75) is 52.4 Å². The lowest BCUT2D eigenvalue weighted by atomic mass is 9.92. The fourth-order valence-corrected chi connectivity index (χ4v) is 4.33. The molecule has 5 nitrogen and oxygen atoms in total. The molecule has 5 aromatic rings. The van der Waals surface area contributed by atoms with Gasteiger partial charge in [-0.3, -0.25) is 0 Å². The van der Waals surface area contributed by atoms with Gasteiger partial charge in [-0.05, 0) is 30.3 Å². The molecule has 5 heteroatoms. The van der Waals surface area contributed by atoms with Crippen molar-refractivity contribution in [3.05, 3.63) is 83.9 Å². The first-order chi connectivity index (χ1) is 16.6. The van der Waals surface area contributed by atoms with E-state index in [4.69, 9.17) is 15.0 Å². The Bertz CT molecular complexity index is 1540. The van der Waals surface area contributed by atoms with E-state index in [1.54, 1.807) is 0 Å². The highest BCUT2D eigenvalue weighted by Crippen LogP contribution is 2.36. The summed E-state index contributed by atoms with van der Waals surface area (Å²) in [5.41, 5.74) is 4.01. The Labute approximate surface area is 206 Å². The van der Waals surface area contributed by atoms with E-state index in [0.29, 0.717) is 11.4 Å². The molecule has 0 aliphatic carbocycles. The van der Waals surface area contributed by atoms with E-state index in [0.717, 1.165) is 33.9 Å². The van der Waals surface area contributed by atoms with Crippen molar-refractivity contribution in [1.82, 2.24) is 19.5 Å². The quantitative estimate of drug-likeness (QED) is 0.282. The van der Waals surface area contributed by atoms with Crippen LogP contribution in [0.2, 0.25) is 0 Å². The summed E-state index contributed by atoms with van der Waals surface area (Å²) in [7, 11) is 0. The molecular weight excluding hydrogens is 430 g/mol. The van der Waals surface area contributed by atoms with Crippen molar-refractivity contribution < 1.29 is 0 Å². The zero-order valence-electron chi connectivity index (χ0n) is 21.1. The molecule has 0 radical (unpaired) electrons. The third kappa shape index (κ3) is 3.95. The van der Waals surface area contributed by atoms with Crippen molar-refractivity contribution >= 4 is 21.8 Å². The first kappa shape index (κ1) is 22.7. The maximum absolute atomic E-state index is 9.73. The molecule has 0 aliphatic heterocycles. The van der Waals surface area contributed by atoms with E-state index >= 15 is 0 Å². The monoisotopic (exact) mass is 459 g/mol. The Morgan fingerprint density at radius 1 is 0.686 bits per heavy atom. The lowest BCUT2D eigenvalue weighted by molar-refractivity contribution is 0.497. The lowest BCUT2D eigenvalue weighted by Gasteiger charge is -2.23. The molecule has 174 valence electrons. The number of aromatic nitrogens is 4. The van der Waals surface area contributed by atoms with Gasteiger partial charge in [0.2, 0.25) is 0 Å². The second-order valence-corrected chi connectivity index (χ2v) is 11.0.